The van der Waals surface area contributed by atoms with E-state index in [1.807, 2.05) is 0 Å². The van der Waals surface area contributed by atoms with Crippen LogP contribution in [0.5, 0.6) is 0 Å². The molecule has 0 aromatic heterocycles. The van der Waals surface area contributed by atoms with E-state index in [0.717, 1.165) is 12.8 Å². The van der Waals surface area contributed by atoms with Gasteiger partial charge in [-0.15, -0.1) is 0 Å². The molecule has 2 aromatic carbocycles. The van der Waals surface area contributed by atoms with Crippen LogP contribution in [0, 0.1) is 0 Å². The molecule has 98 valence electrons. The maximum absolute atomic E-state index is 3.72. The lowest BCUT2D eigenvalue weighted by Gasteiger charge is -2.10. The summed E-state index contributed by atoms with van der Waals surface area (Å²) in [6, 6.07) is 16.1. The molecule has 0 saturated heterocycles. The predicted octanol–water partition coefficient (Wildman–Crippen LogP) is 5.11. The van der Waals surface area contributed by atoms with E-state index < -0.39 is 0 Å². The second-order valence-electron chi connectivity index (χ2n) is 5.45. The molecule has 0 radical (unpaired) electrons. The van der Waals surface area contributed by atoms with Gasteiger partial charge in [0.1, 0.15) is 0 Å². The van der Waals surface area contributed by atoms with Gasteiger partial charge in [-0.1, -0.05) is 52.3 Å². The second kappa shape index (κ2) is 5.92. The van der Waals surface area contributed by atoms with Crippen LogP contribution in [-0.2, 0) is 25.7 Å². The van der Waals surface area contributed by atoms with Crippen molar-refractivity contribution >= 4 is 15.9 Å². The van der Waals surface area contributed by atoms with Crippen molar-refractivity contribution in [3.8, 4) is 0 Å². The SMILES string of the molecule is Brc1cc2ccc1CCc1ccc(cc1)CCCC2. The Morgan fingerprint density at radius 1 is 0.632 bits per heavy atom. The number of rotatable bonds is 0. The molecule has 6 rings (SSSR count). The molecule has 0 heterocycles. The molecule has 4 bridgehead atoms. The Morgan fingerprint density at radius 2 is 1.21 bits per heavy atom. The Hall–Kier alpha value is -1.08. The van der Waals surface area contributed by atoms with Crippen LogP contribution in [0.1, 0.15) is 35.1 Å². The van der Waals surface area contributed by atoms with Gasteiger partial charge in [-0.05, 0) is 66.8 Å². The summed E-state index contributed by atoms with van der Waals surface area (Å²) in [7, 11) is 0. The highest BCUT2D eigenvalue weighted by atomic mass is 79.9. The Balaban J connectivity index is 1.89. The molecule has 0 fully saturated rings. The van der Waals surface area contributed by atoms with Crippen LogP contribution in [0.3, 0.4) is 0 Å². The summed E-state index contributed by atoms with van der Waals surface area (Å²) in [6.45, 7) is 0. The Kier molecular flexibility index (Phi) is 4.03. The van der Waals surface area contributed by atoms with Crippen LogP contribution in [0.4, 0.5) is 0 Å². The number of halogens is 1. The summed E-state index contributed by atoms with van der Waals surface area (Å²) >= 11 is 3.72. The molecule has 4 aliphatic rings. The van der Waals surface area contributed by atoms with Crippen molar-refractivity contribution in [1.29, 1.82) is 0 Å². The fraction of sp³-hybridized carbons (Fsp3) is 0.333. The molecule has 2 aromatic rings. The molecular weight excluding hydrogens is 296 g/mol. The minimum Gasteiger partial charge on any atom is -0.0588 e. The van der Waals surface area contributed by atoms with Crippen molar-refractivity contribution in [3.63, 3.8) is 0 Å². The summed E-state index contributed by atoms with van der Waals surface area (Å²) in [5.41, 5.74) is 5.80. The zero-order valence-electron chi connectivity index (χ0n) is 11.2. The van der Waals surface area contributed by atoms with Gasteiger partial charge in [0.15, 0.2) is 0 Å². The molecule has 0 saturated carbocycles. The van der Waals surface area contributed by atoms with Crippen LogP contribution in [-0.4, -0.2) is 0 Å². The first-order valence-corrected chi connectivity index (χ1v) is 7.96. The van der Waals surface area contributed by atoms with E-state index in [1.165, 1.54) is 52.4 Å². The minimum absolute atomic E-state index is 1.11. The van der Waals surface area contributed by atoms with Gasteiger partial charge in [0.05, 0.1) is 0 Å². The van der Waals surface area contributed by atoms with Crippen LogP contribution < -0.4 is 0 Å². The predicted molar refractivity (Wildman–Crippen MR) is 84.6 cm³/mol. The van der Waals surface area contributed by atoms with Crippen LogP contribution in [0.25, 0.3) is 0 Å². The van der Waals surface area contributed by atoms with Crippen molar-refractivity contribution in [3.05, 3.63) is 69.2 Å². The number of hydrogen-bond acceptors (Lipinski definition) is 0. The fourth-order valence-corrected chi connectivity index (χ4v) is 3.38. The summed E-state index contributed by atoms with van der Waals surface area (Å²) in [5, 5.41) is 0. The molecule has 1 heteroatoms. The maximum Gasteiger partial charge on any atom is 0.0210 e. The van der Waals surface area contributed by atoms with Gasteiger partial charge in [0, 0.05) is 4.47 Å². The maximum atomic E-state index is 3.72. The third-order valence-corrected chi connectivity index (χ3v) is 4.74. The van der Waals surface area contributed by atoms with Gasteiger partial charge >= 0.3 is 0 Å². The molecule has 0 unspecified atom stereocenters. The monoisotopic (exact) mass is 314 g/mol. The highest BCUT2D eigenvalue weighted by Gasteiger charge is 2.05. The molecule has 0 nitrogen and oxygen atoms in total. The van der Waals surface area contributed by atoms with Crippen molar-refractivity contribution < 1.29 is 0 Å². The van der Waals surface area contributed by atoms with Crippen molar-refractivity contribution in [2.45, 2.75) is 38.5 Å². The van der Waals surface area contributed by atoms with Gasteiger partial charge < -0.3 is 0 Å². The van der Waals surface area contributed by atoms with Gasteiger partial charge in [-0.3, -0.25) is 0 Å². The third-order valence-electron chi connectivity index (χ3n) is 4.00. The number of aryl methyl sites for hydroxylation is 4. The van der Waals surface area contributed by atoms with E-state index in [4.69, 9.17) is 0 Å². The highest BCUT2D eigenvalue weighted by Crippen LogP contribution is 2.22. The number of hydrogen-bond donors (Lipinski definition) is 0. The Morgan fingerprint density at radius 3 is 1.89 bits per heavy atom. The standard InChI is InChI=1S/C18H19Br/c19-18-13-16-4-2-1-3-14-5-7-15(8-6-14)9-11-17(18)12-10-16/h5-8,10,12-13H,1-4,9,11H2. The largest absolute Gasteiger partial charge is 0.0588 e. The Labute approximate surface area is 124 Å². The van der Waals surface area contributed by atoms with Crippen LogP contribution >= 0.6 is 15.9 Å². The minimum atomic E-state index is 1.11. The van der Waals surface area contributed by atoms with Crippen molar-refractivity contribution in [2.75, 3.05) is 0 Å². The molecular formula is C18H19Br. The lowest BCUT2D eigenvalue weighted by molar-refractivity contribution is 0.732. The summed E-state index contributed by atoms with van der Waals surface area (Å²) < 4.78 is 1.28. The van der Waals surface area contributed by atoms with Gasteiger partial charge in [-0.2, -0.15) is 0 Å². The molecule has 0 aliphatic heterocycles. The summed E-state index contributed by atoms with van der Waals surface area (Å²) in [4.78, 5) is 0. The average Bonchev–Trinajstić information content (AvgIpc) is 2.44. The zero-order valence-corrected chi connectivity index (χ0v) is 12.7. The van der Waals surface area contributed by atoms with E-state index in [1.54, 1.807) is 0 Å². The molecule has 0 spiro atoms. The number of benzene rings is 2. The molecule has 19 heavy (non-hydrogen) atoms. The molecule has 0 amide bonds. The topological polar surface area (TPSA) is 0 Å². The smallest absolute Gasteiger partial charge is 0.0210 e. The molecule has 4 aliphatic carbocycles. The lowest BCUT2D eigenvalue weighted by atomic mass is 9.97. The first-order valence-electron chi connectivity index (χ1n) is 7.16. The van der Waals surface area contributed by atoms with Gasteiger partial charge in [0.2, 0.25) is 0 Å². The quantitative estimate of drug-likeness (QED) is 0.633. The normalized spacial score (nSPS) is 15.4. The first kappa shape index (κ1) is 12.9. The highest BCUT2D eigenvalue weighted by molar-refractivity contribution is 9.10. The van der Waals surface area contributed by atoms with Crippen molar-refractivity contribution in [2.24, 2.45) is 0 Å². The second-order valence-corrected chi connectivity index (χ2v) is 6.30. The molecule has 0 N–H and O–H groups in total. The lowest BCUT2D eigenvalue weighted by Crippen LogP contribution is -1.97. The zero-order chi connectivity index (χ0) is 13.1. The fourth-order valence-electron chi connectivity index (χ4n) is 2.76. The first-order chi connectivity index (χ1) is 9.31. The van der Waals surface area contributed by atoms with E-state index in [2.05, 4.69) is 58.4 Å². The Bertz CT molecular complexity index is 554. The van der Waals surface area contributed by atoms with Crippen LogP contribution in [0.2, 0.25) is 0 Å². The van der Waals surface area contributed by atoms with Crippen LogP contribution in [0.15, 0.2) is 46.9 Å². The van der Waals surface area contributed by atoms with E-state index in [-0.39, 0.29) is 0 Å². The average molecular weight is 315 g/mol. The van der Waals surface area contributed by atoms with E-state index in [0.29, 0.717) is 0 Å². The summed E-state index contributed by atoms with van der Waals surface area (Å²) in [5.74, 6) is 0. The van der Waals surface area contributed by atoms with Crippen molar-refractivity contribution in [1.82, 2.24) is 0 Å². The van der Waals surface area contributed by atoms with E-state index in [9.17, 15) is 0 Å². The van der Waals surface area contributed by atoms with Gasteiger partial charge in [-0.25, -0.2) is 0 Å². The van der Waals surface area contributed by atoms with Gasteiger partial charge in [0.25, 0.3) is 0 Å². The summed E-state index contributed by atoms with van der Waals surface area (Å²) in [6.07, 6.45) is 7.18. The molecule has 0 atom stereocenters. The third kappa shape index (κ3) is 3.27. The van der Waals surface area contributed by atoms with E-state index >= 15 is 0 Å².